The molecule has 0 unspecified atom stereocenters. The van der Waals surface area contributed by atoms with Crippen molar-refractivity contribution in [1.82, 2.24) is 5.32 Å². The number of primary amides is 1. The van der Waals surface area contributed by atoms with Crippen molar-refractivity contribution in [2.75, 3.05) is 13.7 Å². The predicted molar refractivity (Wildman–Crippen MR) is 71.9 cm³/mol. The largest absolute Gasteiger partial charge is 0.496 e. The summed E-state index contributed by atoms with van der Waals surface area (Å²) in [4.78, 5) is 21.8. The number of nitrogens with two attached hydrogens (primary N) is 1. The SMILES string of the molecule is COc1ccc(Br)cc1/C=C/C(=O)NCC(N)=O. The lowest BCUT2D eigenvalue weighted by molar-refractivity contribution is -0.122. The Kier molecular flexibility index (Phi) is 5.38. The highest BCUT2D eigenvalue weighted by molar-refractivity contribution is 9.10. The molecule has 0 aromatic heterocycles. The molecule has 96 valence electrons. The van der Waals surface area contributed by atoms with Crippen LogP contribution in [-0.2, 0) is 9.59 Å². The molecule has 0 saturated carbocycles. The van der Waals surface area contributed by atoms with Gasteiger partial charge in [-0.05, 0) is 24.3 Å². The van der Waals surface area contributed by atoms with E-state index >= 15 is 0 Å². The van der Waals surface area contributed by atoms with Crippen LogP contribution in [-0.4, -0.2) is 25.5 Å². The lowest BCUT2D eigenvalue weighted by Gasteiger charge is -2.04. The molecule has 0 aliphatic rings. The van der Waals surface area contributed by atoms with Crippen molar-refractivity contribution >= 4 is 33.8 Å². The zero-order valence-corrected chi connectivity index (χ0v) is 11.4. The van der Waals surface area contributed by atoms with Crippen molar-refractivity contribution in [3.8, 4) is 5.75 Å². The van der Waals surface area contributed by atoms with Crippen LogP contribution in [0.25, 0.3) is 6.08 Å². The molecule has 6 heteroatoms. The summed E-state index contributed by atoms with van der Waals surface area (Å²) in [6.07, 6.45) is 2.91. The molecule has 0 saturated heterocycles. The molecular formula is C12H13BrN2O3. The van der Waals surface area contributed by atoms with Gasteiger partial charge in [0.25, 0.3) is 0 Å². The summed E-state index contributed by atoms with van der Waals surface area (Å²) < 4.78 is 6.03. The number of benzene rings is 1. The maximum Gasteiger partial charge on any atom is 0.244 e. The maximum absolute atomic E-state index is 11.3. The van der Waals surface area contributed by atoms with Gasteiger partial charge in [0.05, 0.1) is 13.7 Å². The molecule has 0 bridgehead atoms. The number of rotatable bonds is 5. The first-order valence-electron chi connectivity index (χ1n) is 5.10. The van der Waals surface area contributed by atoms with E-state index in [1.165, 1.54) is 6.08 Å². The van der Waals surface area contributed by atoms with Crippen LogP contribution >= 0.6 is 15.9 Å². The molecule has 0 atom stereocenters. The van der Waals surface area contributed by atoms with Crippen molar-refractivity contribution in [2.24, 2.45) is 5.73 Å². The molecule has 0 spiro atoms. The van der Waals surface area contributed by atoms with Crippen molar-refractivity contribution in [1.29, 1.82) is 0 Å². The van der Waals surface area contributed by atoms with E-state index in [1.54, 1.807) is 19.3 Å². The third-order valence-electron chi connectivity index (χ3n) is 2.04. The van der Waals surface area contributed by atoms with Crippen LogP contribution in [0.3, 0.4) is 0 Å². The number of amides is 2. The summed E-state index contributed by atoms with van der Waals surface area (Å²) >= 11 is 3.33. The Bertz CT molecular complexity index is 486. The number of carbonyl (C=O) groups excluding carboxylic acids is 2. The minimum Gasteiger partial charge on any atom is -0.496 e. The van der Waals surface area contributed by atoms with E-state index in [4.69, 9.17) is 10.5 Å². The highest BCUT2D eigenvalue weighted by Gasteiger charge is 2.02. The van der Waals surface area contributed by atoms with E-state index in [0.29, 0.717) is 5.75 Å². The first-order chi connectivity index (χ1) is 8.52. The van der Waals surface area contributed by atoms with E-state index < -0.39 is 11.8 Å². The number of ether oxygens (including phenoxy) is 1. The van der Waals surface area contributed by atoms with Gasteiger partial charge in [0.2, 0.25) is 11.8 Å². The van der Waals surface area contributed by atoms with Crippen LogP contribution in [0.2, 0.25) is 0 Å². The van der Waals surface area contributed by atoms with Gasteiger partial charge in [-0.15, -0.1) is 0 Å². The van der Waals surface area contributed by atoms with Crippen molar-refractivity contribution in [3.05, 3.63) is 34.3 Å². The first-order valence-corrected chi connectivity index (χ1v) is 5.90. The summed E-state index contributed by atoms with van der Waals surface area (Å²) in [5.41, 5.74) is 5.66. The van der Waals surface area contributed by atoms with Gasteiger partial charge in [-0.3, -0.25) is 9.59 Å². The lowest BCUT2D eigenvalue weighted by Crippen LogP contribution is -2.32. The zero-order valence-electron chi connectivity index (χ0n) is 9.77. The molecule has 0 aliphatic carbocycles. The Morgan fingerprint density at radius 2 is 2.22 bits per heavy atom. The minimum atomic E-state index is -0.586. The van der Waals surface area contributed by atoms with Crippen LogP contribution < -0.4 is 15.8 Å². The third-order valence-corrected chi connectivity index (χ3v) is 2.54. The van der Waals surface area contributed by atoms with Crippen LogP contribution in [0, 0.1) is 0 Å². The van der Waals surface area contributed by atoms with Gasteiger partial charge in [0.15, 0.2) is 0 Å². The Labute approximate surface area is 113 Å². The van der Waals surface area contributed by atoms with Crippen LogP contribution in [0.4, 0.5) is 0 Å². The van der Waals surface area contributed by atoms with Crippen LogP contribution in [0.1, 0.15) is 5.56 Å². The van der Waals surface area contributed by atoms with Gasteiger partial charge in [-0.2, -0.15) is 0 Å². The fourth-order valence-electron chi connectivity index (χ4n) is 1.23. The number of carbonyl (C=O) groups is 2. The molecule has 1 rings (SSSR count). The van der Waals surface area contributed by atoms with E-state index in [9.17, 15) is 9.59 Å². The Hall–Kier alpha value is -1.82. The van der Waals surface area contributed by atoms with E-state index in [1.807, 2.05) is 12.1 Å². The standard InChI is InChI=1S/C12H13BrN2O3/c1-18-10-4-3-9(13)6-8(10)2-5-12(17)15-7-11(14)16/h2-6H,7H2,1H3,(H2,14,16)(H,15,17)/b5-2+. The summed E-state index contributed by atoms with van der Waals surface area (Å²) in [5.74, 6) is -0.329. The average molecular weight is 313 g/mol. The summed E-state index contributed by atoms with van der Waals surface area (Å²) in [6, 6.07) is 5.44. The topological polar surface area (TPSA) is 81.4 Å². The second-order valence-corrected chi connectivity index (χ2v) is 4.32. The number of hydrogen-bond acceptors (Lipinski definition) is 3. The van der Waals surface area contributed by atoms with Gasteiger partial charge >= 0.3 is 0 Å². The number of halogens is 1. The van der Waals surface area contributed by atoms with Gasteiger partial charge in [-0.25, -0.2) is 0 Å². The van der Waals surface area contributed by atoms with E-state index in [2.05, 4.69) is 21.2 Å². The quantitative estimate of drug-likeness (QED) is 0.798. The number of nitrogens with one attached hydrogen (secondary N) is 1. The summed E-state index contributed by atoms with van der Waals surface area (Å²) in [6.45, 7) is -0.182. The molecule has 0 aliphatic heterocycles. The molecule has 1 aromatic carbocycles. The monoisotopic (exact) mass is 312 g/mol. The predicted octanol–water partition coefficient (Wildman–Crippen LogP) is 1.07. The van der Waals surface area contributed by atoms with E-state index in [-0.39, 0.29) is 6.54 Å². The van der Waals surface area contributed by atoms with Gasteiger partial charge in [0, 0.05) is 16.1 Å². The van der Waals surface area contributed by atoms with Crippen molar-refractivity contribution in [2.45, 2.75) is 0 Å². The molecule has 5 nitrogen and oxygen atoms in total. The smallest absolute Gasteiger partial charge is 0.244 e. The normalized spacial score (nSPS) is 10.3. The first kappa shape index (κ1) is 14.2. The van der Waals surface area contributed by atoms with Crippen molar-refractivity contribution in [3.63, 3.8) is 0 Å². The van der Waals surface area contributed by atoms with Crippen LogP contribution in [0.5, 0.6) is 5.75 Å². The summed E-state index contributed by atoms with van der Waals surface area (Å²) in [5, 5.41) is 2.35. The fraction of sp³-hybridized carbons (Fsp3) is 0.167. The fourth-order valence-corrected chi connectivity index (χ4v) is 1.61. The minimum absolute atomic E-state index is 0.182. The Balaban J connectivity index is 2.74. The number of hydrogen-bond donors (Lipinski definition) is 2. The molecule has 18 heavy (non-hydrogen) atoms. The molecular weight excluding hydrogens is 300 g/mol. The molecule has 0 fully saturated rings. The molecule has 3 N–H and O–H groups in total. The average Bonchev–Trinajstić information content (AvgIpc) is 2.34. The van der Waals surface area contributed by atoms with Gasteiger partial charge in [0.1, 0.15) is 5.75 Å². The second kappa shape index (κ2) is 6.80. The highest BCUT2D eigenvalue weighted by Crippen LogP contribution is 2.23. The molecule has 2 amide bonds. The lowest BCUT2D eigenvalue weighted by atomic mass is 10.2. The van der Waals surface area contributed by atoms with Crippen molar-refractivity contribution < 1.29 is 14.3 Å². The van der Waals surface area contributed by atoms with E-state index in [0.717, 1.165) is 10.0 Å². The molecule has 1 aromatic rings. The molecule has 0 radical (unpaired) electrons. The summed E-state index contributed by atoms with van der Waals surface area (Å²) in [7, 11) is 1.55. The second-order valence-electron chi connectivity index (χ2n) is 3.40. The van der Waals surface area contributed by atoms with Crippen LogP contribution in [0.15, 0.2) is 28.7 Å². The van der Waals surface area contributed by atoms with Gasteiger partial charge < -0.3 is 15.8 Å². The highest BCUT2D eigenvalue weighted by atomic mass is 79.9. The Morgan fingerprint density at radius 3 is 2.83 bits per heavy atom. The van der Waals surface area contributed by atoms with Gasteiger partial charge in [-0.1, -0.05) is 15.9 Å². The third kappa shape index (κ3) is 4.58. The maximum atomic E-state index is 11.3. The Morgan fingerprint density at radius 1 is 1.50 bits per heavy atom. The zero-order chi connectivity index (χ0) is 13.5. The molecule has 0 heterocycles. The number of methoxy groups -OCH3 is 1.